The van der Waals surface area contributed by atoms with Gasteiger partial charge in [0, 0.05) is 38.6 Å². The van der Waals surface area contributed by atoms with E-state index in [-0.39, 0.29) is 11.5 Å². The van der Waals surface area contributed by atoms with Crippen molar-refractivity contribution in [2.75, 3.05) is 20.1 Å². The number of hydrogen-bond donors (Lipinski definition) is 2. The molecule has 1 aliphatic rings. The molecule has 0 aromatic carbocycles. The number of nitrogens with one attached hydrogen (secondary N) is 2. The highest BCUT2D eigenvalue weighted by molar-refractivity contribution is 5.92. The SMILES string of the molecule is CCc1nn2cc(CN3CC=C(c4ccc(C(=O)NC)nc4C)CC3)cc2[nH]c1=O. The lowest BCUT2D eigenvalue weighted by molar-refractivity contribution is 0.0958. The topological polar surface area (TPSA) is 95.4 Å². The van der Waals surface area contributed by atoms with Crippen molar-refractivity contribution in [3.8, 4) is 0 Å². The molecule has 8 nitrogen and oxygen atoms in total. The van der Waals surface area contributed by atoms with E-state index in [1.54, 1.807) is 17.6 Å². The van der Waals surface area contributed by atoms with Crippen LogP contribution in [0.25, 0.3) is 11.2 Å². The number of aryl methyl sites for hydroxylation is 2. The molecule has 8 heteroatoms. The Bertz CT molecular complexity index is 1190. The van der Waals surface area contributed by atoms with Gasteiger partial charge in [0.1, 0.15) is 17.0 Å². The molecule has 0 saturated carbocycles. The number of aromatic nitrogens is 4. The van der Waals surface area contributed by atoms with Gasteiger partial charge in [0.2, 0.25) is 0 Å². The van der Waals surface area contributed by atoms with Gasteiger partial charge in [-0.2, -0.15) is 5.10 Å². The van der Waals surface area contributed by atoms with E-state index in [9.17, 15) is 9.59 Å². The maximum atomic E-state index is 12.0. The number of carbonyl (C=O) groups is 1. The predicted molar refractivity (Wildman–Crippen MR) is 115 cm³/mol. The molecule has 4 heterocycles. The smallest absolute Gasteiger partial charge is 0.273 e. The van der Waals surface area contributed by atoms with Crippen LogP contribution in [0.3, 0.4) is 0 Å². The number of H-pyrrole nitrogens is 1. The number of hydrogen-bond acceptors (Lipinski definition) is 5. The monoisotopic (exact) mass is 406 g/mol. The van der Waals surface area contributed by atoms with Crippen molar-refractivity contribution in [2.45, 2.75) is 33.2 Å². The average Bonchev–Trinajstić information content (AvgIpc) is 3.14. The summed E-state index contributed by atoms with van der Waals surface area (Å²) in [5.74, 6) is -0.171. The lowest BCUT2D eigenvalue weighted by Gasteiger charge is -2.26. The van der Waals surface area contributed by atoms with E-state index in [1.165, 1.54) is 5.57 Å². The average molecular weight is 406 g/mol. The van der Waals surface area contributed by atoms with E-state index < -0.39 is 0 Å². The minimum atomic E-state index is -0.171. The number of aromatic amines is 1. The van der Waals surface area contributed by atoms with Crippen LogP contribution in [-0.2, 0) is 13.0 Å². The highest BCUT2D eigenvalue weighted by Crippen LogP contribution is 2.25. The fraction of sp³-hybridized carbons (Fsp3) is 0.364. The lowest BCUT2D eigenvalue weighted by atomic mass is 9.97. The molecule has 0 unspecified atom stereocenters. The van der Waals surface area contributed by atoms with Crippen LogP contribution in [0.5, 0.6) is 0 Å². The minimum absolute atomic E-state index is 0.119. The van der Waals surface area contributed by atoms with Gasteiger partial charge in [-0.1, -0.05) is 19.1 Å². The molecule has 1 aliphatic heterocycles. The Labute approximate surface area is 174 Å². The summed E-state index contributed by atoms with van der Waals surface area (Å²) in [4.78, 5) is 33.4. The number of carbonyl (C=O) groups excluding carboxylic acids is 1. The number of nitrogens with zero attached hydrogens (tertiary/aromatic N) is 4. The Hall–Kier alpha value is -3.26. The molecule has 4 rings (SSSR count). The van der Waals surface area contributed by atoms with Gasteiger partial charge >= 0.3 is 0 Å². The first-order chi connectivity index (χ1) is 14.5. The molecule has 0 spiro atoms. The van der Waals surface area contributed by atoms with Crippen LogP contribution >= 0.6 is 0 Å². The van der Waals surface area contributed by atoms with Crippen molar-refractivity contribution in [1.82, 2.24) is 29.8 Å². The summed E-state index contributed by atoms with van der Waals surface area (Å²) in [7, 11) is 1.61. The van der Waals surface area contributed by atoms with Crippen molar-refractivity contribution >= 4 is 17.1 Å². The third kappa shape index (κ3) is 3.91. The lowest BCUT2D eigenvalue weighted by Crippen LogP contribution is -2.28. The second kappa shape index (κ2) is 8.23. The van der Waals surface area contributed by atoms with Crippen molar-refractivity contribution in [3.63, 3.8) is 0 Å². The molecule has 30 heavy (non-hydrogen) atoms. The Kier molecular flexibility index (Phi) is 5.50. The zero-order valence-electron chi connectivity index (χ0n) is 17.5. The summed E-state index contributed by atoms with van der Waals surface area (Å²) >= 11 is 0. The van der Waals surface area contributed by atoms with Gasteiger partial charge in [-0.25, -0.2) is 9.50 Å². The first-order valence-electron chi connectivity index (χ1n) is 10.2. The van der Waals surface area contributed by atoms with Gasteiger partial charge in [-0.15, -0.1) is 0 Å². The largest absolute Gasteiger partial charge is 0.354 e. The molecule has 1 amide bonds. The molecule has 156 valence electrons. The number of amides is 1. The van der Waals surface area contributed by atoms with Gasteiger partial charge < -0.3 is 10.3 Å². The third-order valence-corrected chi connectivity index (χ3v) is 5.51. The van der Waals surface area contributed by atoms with E-state index in [1.807, 2.05) is 32.2 Å². The predicted octanol–water partition coefficient (Wildman–Crippen LogP) is 1.94. The van der Waals surface area contributed by atoms with Gasteiger partial charge in [-0.3, -0.25) is 14.5 Å². The molecule has 0 bridgehead atoms. The Balaban J connectivity index is 1.47. The van der Waals surface area contributed by atoms with Gasteiger partial charge in [0.05, 0.1) is 0 Å². The molecular formula is C22H26N6O2. The summed E-state index contributed by atoms with van der Waals surface area (Å²) in [5, 5.41) is 7.01. The second-order valence-electron chi connectivity index (χ2n) is 7.56. The van der Waals surface area contributed by atoms with E-state index in [0.29, 0.717) is 17.8 Å². The third-order valence-electron chi connectivity index (χ3n) is 5.51. The number of rotatable bonds is 5. The number of pyridine rings is 1. The molecule has 0 radical (unpaired) electrons. The van der Waals surface area contributed by atoms with Gasteiger partial charge in [0.15, 0.2) is 0 Å². The molecule has 0 saturated heterocycles. The van der Waals surface area contributed by atoms with Crippen molar-refractivity contribution in [2.24, 2.45) is 0 Å². The second-order valence-corrected chi connectivity index (χ2v) is 7.56. The maximum absolute atomic E-state index is 12.0. The normalized spacial score (nSPS) is 14.7. The molecule has 0 atom stereocenters. The zero-order chi connectivity index (χ0) is 21.3. The highest BCUT2D eigenvalue weighted by Gasteiger charge is 2.17. The van der Waals surface area contributed by atoms with E-state index >= 15 is 0 Å². The Morgan fingerprint density at radius 2 is 2.17 bits per heavy atom. The van der Waals surface area contributed by atoms with Crippen molar-refractivity contribution in [3.05, 3.63) is 69.0 Å². The van der Waals surface area contributed by atoms with Crippen molar-refractivity contribution < 1.29 is 4.79 Å². The molecule has 3 aromatic heterocycles. The molecule has 2 N–H and O–H groups in total. The molecular weight excluding hydrogens is 380 g/mol. The van der Waals surface area contributed by atoms with Crippen LogP contribution in [0.2, 0.25) is 0 Å². The summed E-state index contributed by atoms with van der Waals surface area (Å²) in [5.41, 5.74) is 5.94. The highest BCUT2D eigenvalue weighted by atomic mass is 16.1. The quantitative estimate of drug-likeness (QED) is 0.675. The van der Waals surface area contributed by atoms with E-state index in [4.69, 9.17) is 0 Å². The van der Waals surface area contributed by atoms with Crippen LogP contribution in [-0.4, -0.2) is 50.5 Å². The molecule has 3 aromatic rings. The molecule has 0 fully saturated rings. The number of fused-ring (bicyclic) bond motifs is 1. The first kappa shape index (κ1) is 20.0. The summed E-state index contributed by atoms with van der Waals surface area (Å²) in [6.07, 6.45) is 5.74. The fourth-order valence-corrected chi connectivity index (χ4v) is 3.88. The maximum Gasteiger partial charge on any atom is 0.273 e. The van der Waals surface area contributed by atoms with Crippen LogP contribution in [0.4, 0.5) is 0 Å². The van der Waals surface area contributed by atoms with E-state index in [2.05, 4.69) is 31.4 Å². The van der Waals surface area contributed by atoms with Gasteiger partial charge in [-0.05, 0) is 48.6 Å². The van der Waals surface area contributed by atoms with Crippen LogP contribution in [0, 0.1) is 6.92 Å². The van der Waals surface area contributed by atoms with Crippen molar-refractivity contribution in [1.29, 1.82) is 0 Å². The molecule has 0 aliphatic carbocycles. The minimum Gasteiger partial charge on any atom is -0.354 e. The zero-order valence-corrected chi connectivity index (χ0v) is 17.5. The summed E-state index contributed by atoms with van der Waals surface area (Å²) in [6.45, 7) is 6.43. The summed E-state index contributed by atoms with van der Waals surface area (Å²) in [6, 6.07) is 5.75. The van der Waals surface area contributed by atoms with Gasteiger partial charge in [0.25, 0.3) is 11.5 Å². The van der Waals surface area contributed by atoms with E-state index in [0.717, 1.165) is 48.5 Å². The summed E-state index contributed by atoms with van der Waals surface area (Å²) < 4.78 is 1.75. The first-order valence-corrected chi connectivity index (χ1v) is 10.2. The van der Waals surface area contributed by atoms with Crippen LogP contribution < -0.4 is 10.9 Å². The Morgan fingerprint density at radius 3 is 2.83 bits per heavy atom. The standard InChI is InChI=1S/C22H26N6O2/c1-4-18-22(30)25-20-11-15(13-28(20)26-18)12-27-9-7-16(8-10-27)17-5-6-19(21(29)23-3)24-14(17)2/h5-7,11,13H,4,8-10,12H2,1-3H3,(H,23,29)(H,25,30). The van der Waals surface area contributed by atoms with Crippen LogP contribution in [0.1, 0.15) is 46.3 Å². The Morgan fingerprint density at radius 1 is 1.33 bits per heavy atom. The fourth-order valence-electron chi connectivity index (χ4n) is 3.88. The van der Waals surface area contributed by atoms with Crippen LogP contribution in [0.15, 0.2) is 35.3 Å².